The lowest BCUT2D eigenvalue weighted by Crippen LogP contribution is -2.04. The zero-order chi connectivity index (χ0) is 15.2. The molecule has 0 saturated heterocycles. The summed E-state index contributed by atoms with van der Waals surface area (Å²) < 4.78 is 10.2. The Labute approximate surface area is 123 Å². The zero-order valence-corrected chi connectivity index (χ0v) is 12.0. The van der Waals surface area contributed by atoms with Crippen molar-refractivity contribution in [3.63, 3.8) is 0 Å². The minimum atomic E-state index is -0.344. The highest BCUT2D eigenvalue weighted by atomic mass is 16.5. The number of rotatable bonds is 4. The topological polar surface area (TPSA) is 52.6 Å². The molecule has 108 valence electrons. The first-order valence-corrected chi connectivity index (χ1v) is 6.58. The Morgan fingerprint density at radius 2 is 1.48 bits per heavy atom. The standard InChI is InChI=1S/C17H16O4/c1-12(18)20-16-9-7-14(8-10-16)11-15-5-3-4-6-17(15)21-13(2)19/h3-10H,11H2,1-2H3. The van der Waals surface area contributed by atoms with Crippen molar-refractivity contribution in [2.75, 3.05) is 0 Å². The summed E-state index contributed by atoms with van der Waals surface area (Å²) in [6.07, 6.45) is 0.629. The minimum Gasteiger partial charge on any atom is -0.427 e. The number of benzene rings is 2. The molecule has 0 N–H and O–H groups in total. The van der Waals surface area contributed by atoms with Gasteiger partial charge in [0, 0.05) is 20.3 Å². The lowest BCUT2D eigenvalue weighted by atomic mass is 10.0. The van der Waals surface area contributed by atoms with E-state index >= 15 is 0 Å². The van der Waals surface area contributed by atoms with Gasteiger partial charge in [-0.05, 0) is 29.3 Å². The van der Waals surface area contributed by atoms with Crippen molar-refractivity contribution in [2.24, 2.45) is 0 Å². The molecule has 0 fully saturated rings. The van der Waals surface area contributed by atoms with E-state index in [0.29, 0.717) is 17.9 Å². The van der Waals surface area contributed by atoms with Crippen LogP contribution >= 0.6 is 0 Å². The summed E-state index contributed by atoms with van der Waals surface area (Å²) in [6.45, 7) is 2.74. The molecule has 0 aliphatic rings. The second kappa shape index (κ2) is 6.70. The quantitative estimate of drug-likeness (QED) is 0.639. The number of hydrogen-bond acceptors (Lipinski definition) is 4. The molecule has 0 bridgehead atoms. The van der Waals surface area contributed by atoms with Crippen LogP contribution in [0, 0.1) is 0 Å². The Bertz CT molecular complexity index is 644. The molecule has 2 rings (SSSR count). The Kier molecular flexibility index (Phi) is 4.72. The van der Waals surface area contributed by atoms with E-state index in [1.54, 1.807) is 18.2 Å². The van der Waals surface area contributed by atoms with Crippen molar-refractivity contribution in [3.05, 3.63) is 59.7 Å². The molecule has 2 aromatic rings. The molecule has 0 unspecified atom stereocenters. The summed E-state index contributed by atoms with van der Waals surface area (Å²) in [5.74, 6) is 0.393. The molecule has 2 aromatic carbocycles. The fourth-order valence-electron chi connectivity index (χ4n) is 1.97. The molecule has 0 aromatic heterocycles. The first kappa shape index (κ1) is 14.8. The lowest BCUT2D eigenvalue weighted by Gasteiger charge is -2.09. The van der Waals surface area contributed by atoms with Crippen LogP contribution in [-0.2, 0) is 16.0 Å². The lowest BCUT2D eigenvalue weighted by molar-refractivity contribution is -0.132. The van der Waals surface area contributed by atoms with Crippen molar-refractivity contribution < 1.29 is 19.1 Å². The fraction of sp³-hybridized carbons (Fsp3) is 0.176. The molecule has 0 amide bonds. The summed E-state index contributed by atoms with van der Waals surface area (Å²) in [5.41, 5.74) is 1.96. The Hall–Kier alpha value is -2.62. The van der Waals surface area contributed by atoms with E-state index in [-0.39, 0.29) is 11.9 Å². The van der Waals surface area contributed by atoms with Crippen LogP contribution in [0.25, 0.3) is 0 Å². The normalized spacial score (nSPS) is 10.0. The molecule has 0 radical (unpaired) electrons. The number of ether oxygens (including phenoxy) is 2. The molecule has 21 heavy (non-hydrogen) atoms. The third-order valence-electron chi connectivity index (χ3n) is 2.81. The average Bonchev–Trinajstić information content (AvgIpc) is 2.42. The van der Waals surface area contributed by atoms with Gasteiger partial charge in [0.15, 0.2) is 0 Å². The molecule has 0 saturated carbocycles. The van der Waals surface area contributed by atoms with Gasteiger partial charge in [0.2, 0.25) is 0 Å². The highest BCUT2D eigenvalue weighted by molar-refractivity contribution is 5.70. The van der Waals surface area contributed by atoms with Crippen molar-refractivity contribution in [1.82, 2.24) is 0 Å². The first-order chi connectivity index (χ1) is 10.0. The molecule has 0 aliphatic heterocycles. The molecule has 0 atom stereocenters. The number of hydrogen-bond donors (Lipinski definition) is 0. The maximum Gasteiger partial charge on any atom is 0.308 e. The van der Waals surface area contributed by atoms with E-state index < -0.39 is 0 Å². The summed E-state index contributed by atoms with van der Waals surface area (Å²) in [4.78, 5) is 22.0. The molecule has 4 heteroatoms. The van der Waals surface area contributed by atoms with E-state index in [9.17, 15) is 9.59 Å². The molecule has 0 aliphatic carbocycles. The number of esters is 2. The Morgan fingerprint density at radius 1 is 0.857 bits per heavy atom. The molecular weight excluding hydrogens is 268 g/mol. The van der Waals surface area contributed by atoms with Gasteiger partial charge in [0.25, 0.3) is 0 Å². The summed E-state index contributed by atoms with van der Waals surface area (Å²) in [6, 6.07) is 14.6. The van der Waals surface area contributed by atoms with Crippen molar-refractivity contribution >= 4 is 11.9 Å². The third kappa shape index (κ3) is 4.45. The summed E-state index contributed by atoms with van der Waals surface area (Å²) in [5, 5.41) is 0. The molecular formula is C17H16O4. The van der Waals surface area contributed by atoms with Gasteiger partial charge < -0.3 is 9.47 Å². The van der Waals surface area contributed by atoms with Crippen LogP contribution < -0.4 is 9.47 Å². The number of para-hydroxylation sites is 1. The number of carbonyl (C=O) groups is 2. The summed E-state index contributed by atoms with van der Waals surface area (Å²) in [7, 11) is 0. The van der Waals surface area contributed by atoms with E-state index in [1.807, 2.05) is 30.3 Å². The Morgan fingerprint density at radius 3 is 2.10 bits per heavy atom. The smallest absolute Gasteiger partial charge is 0.308 e. The van der Waals surface area contributed by atoms with E-state index in [4.69, 9.17) is 9.47 Å². The van der Waals surface area contributed by atoms with Gasteiger partial charge in [-0.3, -0.25) is 9.59 Å². The highest BCUT2D eigenvalue weighted by Gasteiger charge is 2.07. The van der Waals surface area contributed by atoms with Gasteiger partial charge in [-0.1, -0.05) is 30.3 Å². The SMILES string of the molecule is CC(=O)Oc1ccc(Cc2ccccc2OC(C)=O)cc1. The van der Waals surface area contributed by atoms with Crippen LogP contribution in [0.2, 0.25) is 0 Å². The monoisotopic (exact) mass is 284 g/mol. The van der Waals surface area contributed by atoms with Gasteiger partial charge >= 0.3 is 11.9 Å². The van der Waals surface area contributed by atoms with Crippen molar-refractivity contribution in [2.45, 2.75) is 20.3 Å². The van der Waals surface area contributed by atoms with Gasteiger partial charge in [-0.15, -0.1) is 0 Å². The predicted octanol–water partition coefficient (Wildman–Crippen LogP) is 3.13. The average molecular weight is 284 g/mol. The summed E-state index contributed by atoms with van der Waals surface area (Å²) >= 11 is 0. The van der Waals surface area contributed by atoms with Crippen LogP contribution in [-0.4, -0.2) is 11.9 Å². The maximum absolute atomic E-state index is 11.1. The minimum absolute atomic E-state index is 0.340. The Balaban J connectivity index is 2.14. The van der Waals surface area contributed by atoms with Gasteiger partial charge in [0.05, 0.1) is 0 Å². The van der Waals surface area contributed by atoms with Crippen LogP contribution in [0.15, 0.2) is 48.5 Å². The third-order valence-corrected chi connectivity index (χ3v) is 2.81. The maximum atomic E-state index is 11.1. The van der Waals surface area contributed by atoms with Crippen molar-refractivity contribution in [3.8, 4) is 11.5 Å². The van der Waals surface area contributed by atoms with Crippen LogP contribution in [0.5, 0.6) is 11.5 Å². The van der Waals surface area contributed by atoms with Crippen molar-refractivity contribution in [1.29, 1.82) is 0 Å². The highest BCUT2D eigenvalue weighted by Crippen LogP contribution is 2.22. The van der Waals surface area contributed by atoms with E-state index in [0.717, 1.165) is 11.1 Å². The van der Waals surface area contributed by atoms with Crippen LogP contribution in [0.3, 0.4) is 0 Å². The van der Waals surface area contributed by atoms with Crippen LogP contribution in [0.1, 0.15) is 25.0 Å². The fourth-order valence-corrected chi connectivity index (χ4v) is 1.97. The number of carbonyl (C=O) groups excluding carboxylic acids is 2. The first-order valence-electron chi connectivity index (χ1n) is 6.58. The van der Waals surface area contributed by atoms with E-state index in [1.165, 1.54) is 13.8 Å². The predicted molar refractivity (Wildman–Crippen MR) is 78.3 cm³/mol. The van der Waals surface area contributed by atoms with E-state index in [2.05, 4.69) is 0 Å². The van der Waals surface area contributed by atoms with Gasteiger partial charge in [-0.25, -0.2) is 0 Å². The van der Waals surface area contributed by atoms with Gasteiger partial charge in [-0.2, -0.15) is 0 Å². The van der Waals surface area contributed by atoms with Crippen LogP contribution in [0.4, 0.5) is 0 Å². The largest absolute Gasteiger partial charge is 0.427 e. The second-order valence-corrected chi connectivity index (χ2v) is 4.62. The molecule has 4 nitrogen and oxygen atoms in total. The molecule has 0 heterocycles. The molecule has 0 spiro atoms. The zero-order valence-electron chi connectivity index (χ0n) is 12.0. The second-order valence-electron chi connectivity index (χ2n) is 4.62. The van der Waals surface area contributed by atoms with Gasteiger partial charge in [0.1, 0.15) is 11.5 Å².